The van der Waals surface area contributed by atoms with Crippen LogP contribution in [0.3, 0.4) is 0 Å². The molecule has 0 saturated heterocycles. The van der Waals surface area contributed by atoms with Gasteiger partial charge in [-0.3, -0.25) is 4.79 Å². The minimum absolute atomic E-state index is 0.00648. The number of benzene rings is 2. The van der Waals surface area contributed by atoms with Crippen LogP contribution in [0.2, 0.25) is 0 Å². The molecule has 1 heterocycles. The summed E-state index contributed by atoms with van der Waals surface area (Å²) in [5, 5.41) is 3.11. The number of carbonyl (C=O) groups is 1. The van der Waals surface area contributed by atoms with Crippen molar-refractivity contribution in [2.75, 3.05) is 20.8 Å². The summed E-state index contributed by atoms with van der Waals surface area (Å²) in [6.07, 6.45) is 2.02. The molecule has 142 valence electrons. The van der Waals surface area contributed by atoms with Crippen LogP contribution in [0.5, 0.6) is 11.5 Å². The monoisotopic (exact) mass is 368 g/mol. The van der Waals surface area contributed by atoms with E-state index in [1.54, 1.807) is 14.2 Å². The van der Waals surface area contributed by atoms with Gasteiger partial charge in [0, 0.05) is 22.7 Å². The van der Waals surface area contributed by atoms with Crippen LogP contribution in [0, 0.1) is 0 Å². The van der Waals surface area contributed by atoms with Crippen LogP contribution in [0.1, 0.15) is 24.0 Å². The van der Waals surface area contributed by atoms with Gasteiger partial charge in [0.15, 0.2) is 17.5 Å². The van der Waals surface area contributed by atoms with Crippen molar-refractivity contribution in [3.63, 3.8) is 0 Å². The molecule has 2 aromatic carbocycles. The number of H-pyrrole nitrogens is 1. The Labute approximate surface area is 158 Å². The van der Waals surface area contributed by atoms with Crippen LogP contribution in [0.15, 0.2) is 48.7 Å². The Balaban J connectivity index is 2.09. The molecule has 0 spiro atoms. The normalized spacial score (nSPS) is 13.3. The molecule has 6 heteroatoms. The van der Waals surface area contributed by atoms with Crippen LogP contribution in [0.4, 0.5) is 0 Å². The van der Waals surface area contributed by atoms with Gasteiger partial charge in [0.1, 0.15) is 0 Å². The third-order valence-corrected chi connectivity index (χ3v) is 4.98. The number of para-hydroxylation sites is 2. The molecule has 0 unspecified atom stereocenters. The summed E-state index contributed by atoms with van der Waals surface area (Å²) in [5.74, 6) is 1.05. The average Bonchev–Trinajstić information content (AvgIpc) is 3.11. The summed E-state index contributed by atoms with van der Waals surface area (Å²) in [6.45, 7) is 2.47. The van der Waals surface area contributed by atoms with Gasteiger partial charge in [-0.05, 0) is 24.6 Å². The Morgan fingerprint density at radius 2 is 1.89 bits per heavy atom. The number of carbonyl (C=O) groups excluding carboxylic acids is 1. The van der Waals surface area contributed by atoms with Crippen molar-refractivity contribution in [3.8, 4) is 11.5 Å². The highest BCUT2D eigenvalue weighted by Gasteiger charge is 2.26. The number of hydrogen-bond acceptors (Lipinski definition) is 3. The van der Waals surface area contributed by atoms with Gasteiger partial charge in [-0.15, -0.1) is 0 Å². The molecule has 3 rings (SSSR count). The minimum atomic E-state index is -0.328. The Bertz CT molecular complexity index is 935. The summed E-state index contributed by atoms with van der Waals surface area (Å²) in [4.78, 5) is 14.8. The summed E-state index contributed by atoms with van der Waals surface area (Å²) in [6, 6.07) is 13.7. The molecule has 0 bridgehead atoms. The topological polar surface area (TPSA) is 94.0 Å². The molecule has 1 amide bonds. The van der Waals surface area contributed by atoms with Gasteiger partial charge in [-0.25, -0.2) is 0 Å². The molecular weight excluding hydrogens is 342 g/mol. The highest BCUT2D eigenvalue weighted by atomic mass is 16.5. The van der Waals surface area contributed by atoms with E-state index in [9.17, 15) is 4.79 Å². The van der Waals surface area contributed by atoms with E-state index in [0.29, 0.717) is 18.0 Å². The maximum absolute atomic E-state index is 11.5. The molecule has 0 aliphatic rings. The van der Waals surface area contributed by atoms with Crippen LogP contribution in [0.25, 0.3) is 10.9 Å². The van der Waals surface area contributed by atoms with E-state index in [4.69, 9.17) is 15.2 Å². The summed E-state index contributed by atoms with van der Waals surface area (Å²) >= 11 is 0. The summed E-state index contributed by atoms with van der Waals surface area (Å²) < 4.78 is 11.2. The fraction of sp³-hybridized carbons (Fsp3) is 0.286. The second-order valence-corrected chi connectivity index (χ2v) is 6.59. The molecule has 0 fully saturated rings. The number of rotatable bonds is 8. The number of hydrogen-bond donors (Lipinski definition) is 3. The quantitative estimate of drug-likeness (QED) is 0.565. The first-order chi connectivity index (χ1) is 13.1. The number of aromatic amines is 1. The number of nitrogens with one attached hydrogen (secondary N) is 1. The van der Waals surface area contributed by atoms with E-state index in [1.807, 2.05) is 48.8 Å². The van der Waals surface area contributed by atoms with Crippen molar-refractivity contribution in [2.45, 2.75) is 18.9 Å². The predicted octanol–water partition coefficient (Wildman–Crippen LogP) is 1.75. The van der Waals surface area contributed by atoms with E-state index < -0.39 is 0 Å². The highest BCUT2D eigenvalue weighted by Crippen LogP contribution is 2.39. The summed E-state index contributed by atoms with van der Waals surface area (Å²) in [5.41, 5.74) is 8.67. The number of ether oxygens (including phenoxy) is 2. The van der Waals surface area contributed by atoms with Crippen LogP contribution >= 0.6 is 0 Å². The Kier molecular flexibility index (Phi) is 5.66. The van der Waals surface area contributed by atoms with E-state index in [-0.39, 0.29) is 17.9 Å². The van der Waals surface area contributed by atoms with Gasteiger partial charge in [0.25, 0.3) is 5.91 Å². The molecule has 3 aromatic rings. The SMILES string of the molecule is COc1cccc([C@@H](C[NH2+][C@H](C)C(N)=O)c2c[nH]c3ccccc23)c1OC. The maximum atomic E-state index is 11.5. The zero-order valence-electron chi connectivity index (χ0n) is 15.9. The lowest BCUT2D eigenvalue weighted by Gasteiger charge is -2.21. The van der Waals surface area contributed by atoms with Gasteiger partial charge in [0.05, 0.1) is 26.7 Å². The molecule has 0 saturated carbocycles. The van der Waals surface area contributed by atoms with E-state index in [0.717, 1.165) is 22.0 Å². The van der Waals surface area contributed by atoms with Crippen molar-refractivity contribution >= 4 is 16.8 Å². The number of primary amides is 1. The van der Waals surface area contributed by atoms with Crippen molar-refractivity contribution in [2.24, 2.45) is 5.73 Å². The van der Waals surface area contributed by atoms with Crippen molar-refractivity contribution in [1.82, 2.24) is 4.98 Å². The van der Waals surface area contributed by atoms with Crippen molar-refractivity contribution < 1.29 is 19.6 Å². The number of quaternary nitrogens is 1. The number of fused-ring (bicyclic) bond motifs is 1. The van der Waals surface area contributed by atoms with Gasteiger partial charge < -0.3 is 25.5 Å². The lowest BCUT2D eigenvalue weighted by Crippen LogP contribution is -2.92. The molecule has 0 aliphatic heterocycles. The molecule has 2 atom stereocenters. The highest BCUT2D eigenvalue weighted by molar-refractivity contribution is 5.84. The van der Waals surface area contributed by atoms with E-state index >= 15 is 0 Å². The second kappa shape index (κ2) is 8.14. The molecule has 0 radical (unpaired) electrons. The number of methoxy groups -OCH3 is 2. The van der Waals surface area contributed by atoms with Gasteiger partial charge in [-0.1, -0.05) is 30.3 Å². The van der Waals surface area contributed by atoms with Crippen LogP contribution in [-0.2, 0) is 4.79 Å². The predicted molar refractivity (Wildman–Crippen MR) is 105 cm³/mol. The summed E-state index contributed by atoms with van der Waals surface area (Å²) in [7, 11) is 3.27. The standard InChI is InChI=1S/C21H25N3O3/c1-13(21(22)25)23-11-17(15-8-6-10-19(26-2)20(15)27-3)16-12-24-18-9-5-4-7-14(16)18/h4-10,12-13,17,23-24H,11H2,1-3H3,(H2,22,25)/p+1/t13-,17-/m1/s1. The lowest BCUT2D eigenvalue weighted by molar-refractivity contribution is -0.674. The zero-order valence-corrected chi connectivity index (χ0v) is 15.9. The smallest absolute Gasteiger partial charge is 0.275 e. The second-order valence-electron chi connectivity index (χ2n) is 6.59. The third kappa shape index (κ3) is 3.75. The lowest BCUT2D eigenvalue weighted by atomic mass is 9.89. The minimum Gasteiger partial charge on any atom is -0.493 e. The molecule has 6 nitrogen and oxygen atoms in total. The van der Waals surface area contributed by atoms with Gasteiger partial charge in [0.2, 0.25) is 0 Å². The molecular formula is C21H26N3O3+. The van der Waals surface area contributed by atoms with Gasteiger partial charge >= 0.3 is 0 Å². The first-order valence-electron chi connectivity index (χ1n) is 8.96. The zero-order chi connectivity index (χ0) is 19.4. The number of amides is 1. The maximum Gasteiger partial charge on any atom is 0.275 e. The molecule has 27 heavy (non-hydrogen) atoms. The average molecular weight is 368 g/mol. The van der Waals surface area contributed by atoms with Crippen molar-refractivity contribution in [1.29, 1.82) is 0 Å². The molecule has 5 N–H and O–H groups in total. The molecule has 0 aliphatic carbocycles. The first kappa shape index (κ1) is 18.8. The van der Waals surface area contributed by atoms with Crippen molar-refractivity contribution in [3.05, 3.63) is 59.8 Å². The number of aromatic nitrogens is 1. The van der Waals surface area contributed by atoms with Crippen LogP contribution < -0.4 is 20.5 Å². The number of nitrogens with two attached hydrogens (primary N) is 2. The largest absolute Gasteiger partial charge is 0.493 e. The van der Waals surface area contributed by atoms with E-state index in [1.165, 1.54) is 0 Å². The van der Waals surface area contributed by atoms with E-state index in [2.05, 4.69) is 17.1 Å². The molecule has 1 aromatic heterocycles. The fourth-order valence-corrected chi connectivity index (χ4v) is 3.45. The van der Waals surface area contributed by atoms with Crippen LogP contribution in [-0.4, -0.2) is 37.7 Å². The fourth-order valence-electron chi connectivity index (χ4n) is 3.45. The van der Waals surface area contributed by atoms with Gasteiger partial charge in [-0.2, -0.15) is 0 Å². The third-order valence-electron chi connectivity index (χ3n) is 4.98. The first-order valence-corrected chi connectivity index (χ1v) is 8.96. The Morgan fingerprint density at radius 1 is 1.11 bits per heavy atom. The Hall–Kier alpha value is -2.99. The Morgan fingerprint density at radius 3 is 2.59 bits per heavy atom.